The molecular formula is C23H19Cl2F3N2O2. The third kappa shape index (κ3) is 4.64. The van der Waals surface area contributed by atoms with Crippen LogP contribution in [0.1, 0.15) is 19.8 Å². The Morgan fingerprint density at radius 1 is 1.16 bits per heavy atom. The fourth-order valence-corrected chi connectivity index (χ4v) is 4.32. The van der Waals surface area contributed by atoms with Crippen LogP contribution < -0.4 is 4.74 Å². The van der Waals surface area contributed by atoms with Crippen molar-refractivity contribution in [3.8, 4) is 16.9 Å². The van der Waals surface area contributed by atoms with Crippen LogP contribution in [0, 0.1) is 5.82 Å². The molecule has 1 saturated heterocycles. The van der Waals surface area contributed by atoms with Crippen LogP contribution in [0.15, 0.2) is 42.6 Å². The van der Waals surface area contributed by atoms with Crippen molar-refractivity contribution in [2.75, 3.05) is 13.1 Å². The Morgan fingerprint density at radius 3 is 2.66 bits per heavy atom. The molecule has 4 rings (SSSR count). The Bertz CT molecular complexity index is 1190. The molecule has 1 fully saturated rings. The number of benzene rings is 2. The van der Waals surface area contributed by atoms with Crippen molar-refractivity contribution >= 4 is 39.9 Å². The minimum atomic E-state index is -2.88. The van der Waals surface area contributed by atoms with E-state index in [0.29, 0.717) is 27.6 Å². The van der Waals surface area contributed by atoms with Gasteiger partial charge in [0.25, 0.3) is 11.8 Å². The van der Waals surface area contributed by atoms with Crippen molar-refractivity contribution in [1.82, 2.24) is 9.88 Å². The van der Waals surface area contributed by atoms with Crippen LogP contribution in [-0.4, -0.2) is 40.9 Å². The van der Waals surface area contributed by atoms with Gasteiger partial charge in [-0.1, -0.05) is 23.2 Å². The number of fused-ring (bicyclic) bond motifs is 1. The van der Waals surface area contributed by atoms with Gasteiger partial charge in [-0.25, -0.2) is 18.2 Å². The second kappa shape index (κ2) is 8.79. The normalized spacial score (nSPS) is 16.8. The molecule has 9 heteroatoms. The number of nitrogens with zero attached hydrogens (tertiary/aromatic N) is 2. The standard InChI is InChI=1S/C23H19Cl2F3N2O2/c1-13(22(31)30-8-2-7-23(27,28)12-30)32-15-4-6-16-18(10-15)21(25)29-11-19(16)17-5-3-14(26)9-20(17)24/h3-6,9-11,13H,2,7-8,12H2,1H3/t13-/m1/s1. The summed E-state index contributed by atoms with van der Waals surface area (Å²) in [6, 6.07) is 9.08. The third-order valence-corrected chi connectivity index (χ3v) is 6.01. The van der Waals surface area contributed by atoms with E-state index >= 15 is 0 Å². The molecule has 3 aromatic rings. The van der Waals surface area contributed by atoms with E-state index in [2.05, 4.69) is 4.98 Å². The average molecular weight is 483 g/mol. The van der Waals surface area contributed by atoms with Crippen LogP contribution in [0.4, 0.5) is 13.2 Å². The van der Waals surface area contributed by atoms with Crippen molar-refractivity contribution in [2.24, 2.45) is 0 Å². The molecule has 2 aromatic carbocycles. The van der Waals surface area contributed by atoms with Crippen molar-refractivity contribution < 1.29 is 22.7 Å². The number of carbonyl (C=O) groups excluding carboxylic acids is 1. The number of carbonyl (C=O) groups is 1. The van der Waals surface area contributed by atoms with Gasteiger partial charge in [-0.05, 0) is 55.1 Å². The Morgan fingerprint density at radius 2 is 1.94 bits per heavy atom. The summed E-state index contributed by atoms with van der Waals surface area (Å²) in [5.74, 6) is -3.49. The van der Waals surface area contributed by atoms with Gasteiger partial charge in [0.15, 0.2) is 6.10 Å². The number of pyridine rings is 1. The maximum absolute atomic E-state index is 13.7. The minimum absolute atomic E-state index is 0.210. The number of ether oxygens (including phenoxy) is 1. The van der Waals surface area contributed by atoms with Crippen LogP contribution in [0.25, 0.3) is 21.9 Å². The monoisotopic (exact) mass is 482 g/mol. The van der Waals surface area contributed by atoms with E-state index in [0.717, 1.165) is 4.90 Å². The molecule has 2 heterocycles. The van der Waals surface area contributed by atoms with Crippen LogP contribution in [-0.2, 0) is 4.79 Å². The second-order valence-electron chi connectivity index (χ2n) is 7.77. The first-order chi connectivity index (χ1) is 15.1. The van der Waals surface area contributed by atoms with Crippen molar-refractivity contribution in [3.63, 3.8) is 0 Å². The summed E-state index contributed by atoms with van der Waals surface area (Å²) in [6.45, 7) is 1.19. The van der Waals surface area contributed by atoms with Crippen molar-refractivity contribution in [3.05, 3.63) is 58.6 Å². The Hall–Kier alpha value is -2.51. The number of piperidine rings is 1. The smallest absolute Gasteiger partial charge is 0.265 e. The number of halogens is 5. The Balaban J connectivity index is 1.61. The molecular weight excluding hydrogens is 464 g/mol. The molecule has 0 saturated carbocycles. The highest BCUT2D eigenvalue weighted by Crippen LogP contribution is 2.37. The van der Waals surface area contributed by atoms with Gasteiger partial charge in [0.2, 0.25) is 0 Å². The lowest BCUT2D eigenvalue weighted by Gasteiger charge is -2.33. The topological polar surface area (TPSA) is 42.4 Å². The lowest BCUT2D eigenvalue weighted by Crippen LogP contribution is -2.49. The Kier molecular flexibility index (Phi) is 6.23. The van der Waals surface area contributed by atoms with E-state index in [1.165, 1.54) is 19.1 Å². The van der Waals surface area contributed by atoms with E-state index < -0.39 is 30.3 Å². The van der Waals surface area contributed by atoms with E-state index in [4.69, 9.17) is 27.9 Å². The minimum Gasteiger partial charge on any atom is -0.481 e. The summed E-state index contributed by atoms with van der Waals surface area (Å²) in [6.07, 6.45) is 0.621. The second-order valence-corrected chi connectivity index (χ2v) is 8.54. The highest BCUT2D eigenvalue weighted by atomic mass is 35.5. The van der Waals surface area contributed by atoms with E-state index in [1.807, 2.05) is 0 Å². The molecule has 1 aromatic heterocycles. The molecule has 32 heavy (non-hydrogen) atoms. The first kappa shape index (κ1) is 22.7. The van der Waals surface area contributed by atoms with E-state index in [9.17, 15) is 18.0 Å². The summed E-state index contributed by atoms with van der Waals surface area (Å²) in [5.41, 5.74) is 1.24. The van der Waals surface area contributed by atoms with Gasteiger partial charge in [0, 0.05) is 35.7 Å². The first-order valence-electron chi connectivity index (χ1n) is 10.0. The number of alkyl halides is 2. The molecule has 1 aliphatic heterocycles. The Labute approximate surface area is 192 Å². The molecule has 1 aliphatic rings. The zero-order chi connectivity index (χ0) is 23.0. The zero-order valence-corrected chi connectivity index (χ0v) is 18.6. The fraction of sp³-hybridized carbons (Fsp3) is 0.304. The molecule has 4 nitrogen and oxygen atoms in total. The molecule has 0 unspecified atom stereocenters. The number of rotatable bonds is 4. The van der Waals surface area contributed by atoms with Crippen LogP contribution in [0.3, 0.4) is 0 Å². The van der Waals surface area contributed by atoms with Gasteiger partial charge in [-0.2, -0.15) is 0 Å². The quantitative estimate of drug-likeness (QED) is 0.405. The predicted octanol–water partition coefficient (Wildman–Crippen LogP) is 6.37. The molecule has 0 radical (unpaired) electrons. The van der Waals surface area contributed by atoms with Crippen LogP contribution in [0.2, 0.25) is 10.2 Å². The number of likely N-dealkylation sites (tertiary alicyclic amines) is 1. The number of hydrogen-bond donors (Lipinski definition) is 0. The maximum Gasteiger partial charge on any atom is 0.265 e. The van der Waals surface area contributed by atoms with Gasteiger partial charge in [0.05, 0.1) is 11.6 Å². The third-order valence-electron chi connectivity index (χ3n) is 5.40. The average Bonchev–Trinajstić information content (AvgIpc) is 2.73. The van der Waals surface area contributed by atoms with Gasteiger partial charge >= 0.3 is 0 Å². The van der Waals surface area contributed by atoms with Crippen LogP contribution >= 0.6 is 23.2 Å². The molecule has 168 valence electrons. The van der Waals surface area contributed by atoms with Crippen molar-refractivity contribution in [2.45, 2.75) is 31.8 Å². The van der Waals surface area contributed by atoms with Gasteiger partial charge < -0.3 is 9.64 Å². The summed E-state index contributed by atoms with van der Waals surface area (Å²) < 4.78 is 46.5. The van der Waals surface area contributed by atoms with E-state index in [-0.39, 0.29) is 29.6 Å². The number of aromatic nitrogens is 1. The van der Waals surface area contributed by atoms with E-state index in [1.54, 1.807) is 30.5 Å². The highest BCUT2D eigenvalue weighted by Gasteiger charge is 2.38. The molecule has 1 atom stereocenters. The highest BCUT2D eigenvalue weighted by molar-refractivity contribution is 6.36. The SMILES string of the molecule is C[C@@H](Oc1ccc2c(-c3ccc(F)cc3Cl)cnc(Cl)c2c1)C(=O)N1CCCC(F)(F)C1. The lowest BCUT2D eigenvalue weighted by atomic mass is 10.0. The first-order valence-corrected chi connectivity index (χ1v) is 10.8. The summed E-state index contributed by atoms with van der Waals surface area (Å²) in [5, 5.41) is 1.70. The molecule has 0 spiro atoms. The largest absolute Gasteiger partial charge is 0.481 e. The lowest BCUT2D eigenvalue weighted by molar-refractivity contribution is -0.148. The number of hydrogen-bond acceptors (Lipinski definition) is 3. The van der Waals surface area contributed by atoms with Crippen molar-refractivity contribution in [1.29, 1.82) is 0 Å². The fourth-order valence-electron chi connectivity index (χ4n) is 3.85. The molecule has 0 aliphatic carbocycles. The summed E-state index contributed by atoms with van der Waals surface area (Å²) in [4.78, 5) is 17.9. The van der Waals surface area contributed by atoms with Gasteiger partial charge in [-0.3, -0.25) is 4.79 Å². The van der Waals surface area contributed by atoms with Gasteiger partial charge in [0.1, 0.15) is 16.7 Å². The number of amides is 1. The van der Waals surface area contributed by atoms with Gasteiger partial charge in [-0.15, -0.1) is 0 Å². The molecule has 1 amide bonds. The zero-order valence-electron chi connectivity index (χ0n) is 17.0. The molecule has 0 bridgehead atoms. The predicted molar refractivity (Wildman–Crippen MR) is 118 cm³/mol. The molecule has 0 N–H and O–H groups in total. The van der Waals surface area contributed by atoms with Crippen LogP contribution in [0.5, 0.6) is 5.75 Å². The maximum atomic E-state index is 13.7. The summed E-state index contributed by atoms with van der Waals surface area (Å²) >= 11 is 12.5. The summed E-state index contributed by atoms with van der Waals surface area (Å²) in [7, 11) is 0.